The number of ether oxygens (including phenoxy) is 3. The van der Waals surface area contributed by atoms with E-state index < -0.39 is 0 Å². The molecule has 0 radical (unpaired) electrons. The number of esters is 1. The summed E-state index contributed by atoms with van der Waals surface area (Å²) in [5.41, 5.74) is 3.63. The predicted molar refractivity (Wildman–Crippen MR) is 77.9 cm³/mol. The molecular formula is C17H16O4. The predicted octanol–water partition coefficient (Wildman–Crippen LogP) is 3.19. The van der Waals surface area contributed by atoms with E-state index in [1.165, 1.54) is 7.11 Å². The van der Waals surface area contributed by atoms with Crippen LogP contribution in [0.4, 0.5) is 0 Å². The van der Waals surface area contributed by atoms with Gasteiger partial charge in [0.2, 0.25) is 0 Å². The molecule has 0 aliphatic carbocycles. The molecule has 0 amide bonds. The normalized spacial score (nSPS) is 15.1. The average molecular weight is 284 g/mol. The molecule has 0 atom stereocenters. The van der Waals surface area contributed by atoms with E-state index in [9.17, 15) is 4.79 Å². The molecule has 2 aromatic rings. The second kappa shape index (κ2) is 6.08. The van der Waals surface area contributed by atoms with Gasteiger partial charge in [0, 0.05) is 5.56 Å². The number of carbonyl (C=O) groups excluding carboxylic acids is 1. The Morgan fingerprint density at radius 2 is 1.76 bits per heavy atom. The summed E-state index contributed by atoms with van der Waals surface area (Å²) in [6.07, 6.45) is -0.278. The maximum absolute atomic E-state index is 11.4. The summed E-state index contributed by atoms with van der Waals surface area (Å²) < 4.78 is 15.7. The van der Waals surface area contributed by atoms with E-state index in [0.29, 0.717) is 18.8 Å². The average Bonchev–Trinajstić information content (AvgIpc) is 3.09. The molecule has 0 aromatic heterocycles. The zero-order valence-corrected chi connectivity index (χ0v) is 11.7. The van der Waals surface area contributed by atoms with Crippen LogP contribution >= 0.6 is 0 Å². The molecule has 4 heteroatoms. The van der Waals surface area contributed by atoms with E-state index in [1.807, 2.05) is 36.4 Å². The summed E-state index contributed by atoms with van der Waals surface area (Å²) in [7, 11) is 1.38. The fourth-order valence-corrected chi connectivity index (χ4v) is 2.33. The fourth-order valence-electron chi connectivity index (χ4n) is 2.33. The van der Waals surface area contributed by atoms with Gasteiger partial charge in [0.05, 0.1) is 25.9 Å². The zero-order valence-electron chi connectivity index (χ0n) is 11.7. The van der Waals surface area contributed by atoms with E-state index in [0.717, 1.165) is 16.7 Å². The maximum Gasteiger partial charge on any atom is 0.337 e. The van der Waals surface area contributed by atoms with Gasteiger partial charge in [-0.15, -0.1) is 0 Å². The number of hydrogen-bond acceptors (Lipinski definition) is 4. The number of benzene rings is 2. The van der Waals surface area contributed by atoms with Crippen molar-refractivity contribution < 1.29 is 19.0 Å². The number of hydrogen-bond donors (Lipinski definition) is 0. The molecule has 108 valence electrons. The Bertz CT molecular complexity index is 627. The molecule has 0 saturated carbocycles. The molecule has 21 heavy (non-hydrogen) atoms. The minimum absolute atomic E-state index is 0.278. The van der Waals surface area contributed by atoms with Crippen LogP contribution in [0.2, 0.25) is 0 Å². The molecule has 1 aliphatic heterocycles. The molecule has 1 aliphatic rings. The van der Waals surface area contributed by atoms with Gasteiger partial charge in [-0.05, 0) is 29.3 Å². The third-order valence-corrected chi connectivity index (χ3v) is 3.42. The summed E-state index contributed by atoms with van der Waals surface area (Å²) in [6, 6.07) is 15.4. The minimum Gasteiger partial charge on any atom is -0.465 e. The molecule has 1 heterocycles. The molecule has 0 unspecified atom stereocenters. The first-order chi connectivity index (χ1) is 10.3. The summed E-state index contributed by atoms with van der Waals surface area (Å²) in [5.74, 6) is -0.331. The Labute approximate surface area is 123 Å². The lowest BCUT2D eigenvalue weighted by atomic mass is 10.0. The van der Waals surface area contributed by atoms with Crippen LogP contribution in [0.15, 0.2) is 48.5 Å². The van der Waals surface area contributed by atoms with Crippen molar-refractivity contribution in [1.29, 1.82) is 0 Å². The van der Waals surface area contributed by atoms with Crippen molar-refractivity contribution in [2.45, 2.75) is 6.29 Å². The van der Waals surface area contributed by atoms with Gasteiger partial charge >= 0.3 is 5.97 Å². The van der Waals surface area contributed by atoms with Crippen LogP contribution in [0.5, 0.6) is 0 Å². The summed E-state index contributed by atoms with van der Waals surface area (Å²) in [5, 5.41) is 0. The minimum atomic E-state index is -0.331. The summed E-state index contributed by atoms with van der Waals surface area (Å²) in [4.78, 5) is 11.4. The first-order valence-corrected chi connectivity index (χ1v) is 6.80. The van der Waals surface area contributed by atoms with Crippen LogP contribution in [0, 0.1) is 0 Å². The van der Waals surface area contributed by atoms with Crippen molar-refractivity contribution in [3.8, 4) is 11.1 Å². The zero-order chi connectivity index (χ0) is 14.7. The van der Waals surface area contributed by atoms with Crippen molar-refractivity contribution in [3.63, 3.8) is 0 Å². The summed E-state index contributed by atoms with van der Waals surface area (Å²) >= 11 is 0. The largest absolute Gasteiger partial charge is 0.465 e. The Morgan fingerprint density at radius 1 is 1.05 bits per heavy atom. The molecule has 1 saturated heterocycles. The number of methoxy groups -OCH3 is 1. The van der Waals surface area contributed by atoms with Gasteiger partial charge in [-0.25, -0.2) is 4.79 Å². The van der Waals surface area contributed by atoms with Crippen molar-refractivity contribution in [3.05, 3.63) is 59.7 Å². The van der Waals surface area contributed by atoms with Crippen LogP contribution < -0.4 is 0 Å². The Morgan fingerprint density at radius 3 is 2.43 bits per heavy atom. The van der Waals surface area contributed by atoms with Crippen LogP contribution in [-0.4, -0.2) is 26.3 Å². The standard InChI is InChI=1S/C17H16O4/c1-19-16(18)13-7-5-12(6-8-13)14-3-2-4-15(11-14)17-20-9-10-21-17/h2-8,11,17H,9-10H2,1H3. The lowest BCUT2D eigenvalue weighted by Crippen LogP contribution is -2.00. The molecule has 3 rings (SSSR count). The Balaban J connectivity index is 1.86. The van der Waals surface area contributed by atoms with E-state index in [1.54, 1.807) is 12.1 Å². The van der Waals surface area contributed by atoms with Crippen LogP contribution in [0.25, 0.3) is 11.1 Å². The first kappa shape index (κ1) is 13.8. The lowest BCUT2D eigenvalue weighted by Gasteiger charge is -2.11. The van der Waals surface area contributed by atoms with Gasteiger partial charge in [-0.3, -0.25) is 0 Å². The molecule has 2 aromatic carbocycles. The highest BCUT2D eigenvalue weighted by Gasteiger charge is 2.18. The van der Waals surface area contributed by atoms with Crippen molar-refractivity contribution in [1.82, 2.24) is 0 Å². The topological polar surface area (TPSA) is 44.8 Å². The Kier molecular flexibility index (Phi) is 3.99. The van der Waals surface area contributed by atoms with Crippen molar-refractivity contribution in [2.75, 3.05) is 20.3 Å². The third-order valence-electron chi connectivity index (χ3n) is 3.42. The van der Waals surface area contributed by atoms with E-state index in [2.05, 4.69) is 0 Å². The highest BCUT2D eigenvalue weighted by Crippen LogP contribution is 2.28. The van der Waals surface area contributed by atoms with Gasteiger partial charge in [-0.1, -0.05) is 30.3 Å². The van der Waals surface area contributed by atoms with Gasteiger partial charge in [0.15, 0.2) is 6.29 Å². The molecule has 1 fully saturated rings. The second-order valence-corrected chi connectivity index (χ2v) is 4.77. The quantitative estimate of drug-likeness (QED) is 0.812. The Hall–Kier alpha value is -2.17. The maximum atomic E-state index is 11.4. The highest BCUT2D eigenvalue weighted by molar-refractivity contribution is 5.89. The van der Waals surface area contributed by atoms with E-state index in [4.69, 9.17) is 14.2 Å². The highest BCUT2D eigenvalue weighted by atomic mass is 16.7. The van der Waals surface area contributed by atoms with Gasteiger partial charge in [-0.2, -0.15) is 0 Å². The van der Waals surface area contributed by atoms with Gasteiger partial charge in [0.25, 0.3) is 0 Å². The SMILES string of the molecule is COC(=O)c1ccc(-c2cccc(C3OCCO3)c2)cc1. The first-order valence-electron chi connectivity index (χ1n) is 6.80. The number of carbonyl (C=O) groups is 1. The molecule has 0 bridgehead atoms. The molecular weight excluding hydrogens is 268 g/mol. The van der Waals surface area contributed by atoms with Crippen molar-refractivity contribution in [2.24, 2.45) is 0 Å². The fraction of sp³-hybridized carbons (Fsp3) is 0.235. The monoisotopic (exact) mass is 284 g/mol. The molecule has 0 spiro atoms. The van der Waals surface area contributed by atoms with Crippen LogP contribution in [0.1, 0.15) is 22.2 Å². The smallest absolute Gasteiger partial charge is 0.337 e. The molecule has 0 N–H and O–H groups in total. The van der Waals surface area contributed by atoms with E-state index in [-0.39, 0.29) is 12.3 Å². The van der Waals surface area contributed by atoms with Gasteiger partial charge < -0.3 is 14.2 Å². The third kappa shape index (κ3) is 2.96. The van der Waals surface area contributed by atoms with Crippen molar-refractivity contribution >= 4 is 5.97 Å². The molecule has 4 nitrogen and oxygen atoms in total. The van der Waals surface area contributed by atoms with Crippen LogP contribution in [0.3, 0.4) is 0 Å². The summed E-state index contributed by atoms with van der Waals surface area (Å²) in [6.45, 7) is 1.26. The van der Waals surface area contributed by atoms with Crippen LogP contribution in [-0.2, 0) is 14.2 Å². The van der Waals surface area contributed by atoms with Gasteiger partial charge in [0.1, 0.15) is 0 Å². The second-order valence-electron chi connectivity index (χ2n) is 4.77. The number of rotatable bonds is 3. The van der Waals surface area contributed by atoms with E-state index >= 15 is 0 Å². The lowest BCUT2D eigenvalue weighted by molar-refractivity contribution is -0.0440.